The molecular weight excluding hydrogens is 395 g/mol. The summed E-state index contributed by atoms with van der Waals surface area (Å²) in [6.07, 6.45) is 10.9. The van der Waals surface area contributed by atoms with E-state index in [0.717, 1.165) is 44.3 Å². The van der Waals surface area contributed by atoms with E-state index >= 15 is 0 Å². The van der Waals surface area contributed by atoms with E-state index in [1.807, 2.05) is 12.2 Å². The third kappa shape index (κ3) is 6.70. The molecule has 0 aromatic rings. The Labute approximate surface area is 173 Å². The van der Waals surface area contributed by atoms with Gasteiger partial charge in [0.1, 0.15) is 5.78 Å². The summed E-state index contributed by atoms with van der Waals surface area (Å²) in [4.78, 5) is 21.6. The Kier molecular flexibility index (Phi) is 9.28. The molecule has 28 heavy (non-hydrogen) atoms. The Morgan fingerprint density at radius 2 is 2.04 bits per heavy atom. The number of rotatable bonds is 12. The van der Waals surface area contributed by atoms with Gasteiger partial charge in [0.05, 0.1) is 17.5 Å². The molecule has 0 saturated heterocycles. The van der Waals surface area contributed by atoms with E-state index in [1.165, 1.54) is 13.1 Å². The summed E-state index contributed by atoms with van der Waals surface area (Å²) in [6.45, 7) is 3.53. The van der Waals surface area contributed by atoms with Crippen molar-refractivity contribution in [1.29, 1.82) is 0 Å². The lowest BCUT2D eigenvalue weighted by Crippen LogP contribution is -2.40. The second kappa shape index (κ2) is 10.8. The largest absolute Gasteiger partial charge is 0.392 e. The van der Waals surface area contributed by atoms with Crippen molar-refractivity contribution in [3.8, 4) is 0 Å². The Morgan fingerprint density at radius 3 is 2.61 bits per heavy atom. The first-order chi connectivity index (χ1) is 13.2. The van der Waals surface area contributed by atoms with Gasteiger partial charge in [0, 0.05) is 25.2 Å². The van der Waals surface area contributed by atoms with Gasteiger partial charge in [-0.15, -0.1) is 11.8 Å². The number of unbranched alkanes of at least 4 members (excludes halogenated alkanes) is 2. The van der Waals surface area contributed by atoms with Crippen LogP contribution in [0.2, 0.25) is 0 Å². The maximum absolute atomic E-state index is 12.3. The van der Waals surface area contributed by atoms with Crippen LogP contribution in [-0.4, -0.2) is 56.9 Å². The van der Waals surface area contributed by atoms with E-state index in [4.69, 9.17) is 0 Å². The van der Waals surface area contributed by atoms with Gasteiger partial charge >= 0.3 is 0 Å². The first-order valence-electron chi connectivity index (χ1n) is 10.6. The molecule has 0 aliphatic heterocycles. The van der Waals surface area contributed by atoms with Crippen LogP contribution < -0.4 is 0 Å². The predicted octanol–water partition coefficient (Wildman–Crippen LogP) is 4.00. The minimum absolute atomic E-state index is 0.0691. The van der Waals surface area contributed by atoms with Crippen LogP contribution in [0.1, 0.15) is 64.7 Å². The fourth-order valence-electron chi connectivity index (χ4n) is 4.37. The molecule has 2 aliphatic carbocycles. The molecule has 5 atom stereocenters. The average Bonchev–Trinajstić information content (AvgIpc) is 2.83. The molecule has 2 rings (SSSR count). The lowest BCUT2D eigenvalue weighted by molar-refractivity contribution is -0.117. The maximum atomic E-state index is 12.3. The van der Waals surface area contributed by atoms with Crippen LogP contribution in [0.25, 0.3) is 0 Å². The van der Waals surface area contributed by atoms with E-state index in [2.05, 4.69) is 6.92 Å². The van der Waals surface area contributed by atoms with Gasteiger partial charge in [-0.05, 0) is 49.7 Å². The smallest absolute Gasteiger partial charge is 0.197 e. The molecule has 0 heterocycles. The summed E-state index contributed by atoms with van der Waals surface area (Å²) in [5.41, 5.74) is 0.0691. The first-order valence-corrected chi connectivity index (χ1v) is 14.0. The van der Waals surface area contributed by atoms with Crippen LogP contribution in [0.5, 0.6) is 0 Å². The van der Waals surface area contributed by atoms with Crippen molar-refractivity contribution in [3.05, 3.63) is 12.2 Å². The highest BCUT2D eigenvalue weighted by atomic mass is 32.2. The highest BCUT2D eigenvalue weighted by Gasteiger charge is 2.42. The molecule has 0 aromatic carbocycles. The van der Waals surface area contributed by atoms with E-state index in [9.17, 15) is 24.5 Å². The van der Waals surface area contributed by atoms with Gasteiger partial charge < -0.3 is 15.1 Å². The number of ketones is 1. The molecule has 162 valence electrons. The SMILES string of the molecule is CCC1(C(O)C/C=C/[C@H]2[C@H](O)CC(=O)[C@@H]2SCCCCCP(C)(=O)O)CCC1. The average molecular weight is 433 g/mol. The number of aliphatic hydroxyl groups is 2. The van der Waals surface area contributed by atoms with Gasteiger partial charge in [0.25, 0.3) is 0 Å². The molecule has 2 unspecified atom stereocenters. The Balaban J connectivity index is 1.77. The van der Waals surface area contributed by atoms with Gasteiger partial charge in [-0.3, -0.25) is 9.36 Å². The molecule has 0 aromatic heterocycles. The van der Waals surface area contributed by atoms with Crippen molar-refractivity contribution >= 4 is 24.9 Å². The van der Waals surface area contributed by atoms with Gasteiger partial charge in [-0.25, -0.2) is 0 Å². The van der Waals surface area contributed by atoms with Gasteiger partial charge in [0.2, 0.25) is 0 Å². The van der Waals surface area contributed by atoms with Gasteiger partial charge in [-0.2, -0.15) is 0 Å². The summed E-state index contributed by atoms with van der Waals surface area (Å²) in [6, 6.07) is 0. The maximum Gasteiger partial charge on any atom is 0.197 e. The molecule has 0 amide bonds. The Hall–Kier alpha value is -0.130. The molecule has 0 radical (unpaired) electrons. The molecule has 2 saturated carbocycles. The van der Waals surface area contributed by atoms with Crippen molar-refractivity contribution in [2.24, 2.45) is 11.3 Å². The van der Waals surface area contributed by atoms with E-state index in [1.54, 1.807) is 11.8 Å². The number of hydrogen-bond acceptors (Lipinski definition) is 5. The minimum atomic E-state index is -2.92. The first kappa shape index (κ1) is 24.1. The third-order valence-corrected chi connectivity index (χ3v) is 9.12. The zero-order chi connectivity index (χ0) is 20.8. The quantitative estimate of drug-likeness (QED) is 0.245. The van der Waals surface area contributed by atoms with Crippen molar-refractivity contribution in [2.75, 3.05) is 18.6 Å². The molecule has 2 fully saturated rings. The molecular formula is C21H37O5PS. The van der Waals surface area contributed by atoms with Crippen molar-refractivity contribution in [2.45, 2.75) is 82.2 Å². The fraction of sp³-hybridized carbons (Fsp3) is 0.857. The molecule has 7 heteroatoms. The zero-order valence-electron chi connectivity index (χ0n) is 17.3. The van der Waals surface area contributed by atoms with E-state index in [-0.39, 0.29) is 34.9 Å². The lowest BCUT2D eigenvalue weighted by Gasteiger charge is -2.45. The van der Waals surface area contributed by atoms with Crippen LogP contribution in [0, 0.1) is 11.3 Å². The molecule has 0 spiro atoms. The van der Waals surface area contributed by atoms with E-state index in [0.29, 0.717) is 12.6 Å². The predicted molar refractivity (Wildman–Crippen MR) is 116 cm³/mol. The number of carbonyl (C=O) groups is 1. The zero-order valence-corrected chi connectivity index (χ0v) is 19.0. The van der Waals surface area contributed by atoms with Crippen LogP contribution >= 0.6 is 19.1 Å². The van der Waals surface area contributed by atoms with Crippen molar-refractivity contribution in [1.82, 2.24) is 0 Å². The minimum Gasteiger partial charge on any atom is -0.392 e. The Bertz CT molecular complexity index is 578. The number of thioether (sulfide) groups is 1. The van der Waals surface area contributed by atoms with Crippen molar-refractivity contribution < 1.29 is 24.5 Å². The third-order valence-electron chi connectivity index (χ3n) is 6.51. The van der Waals surface area contributed by atoms with Crippen molar-refractivity contribution in [3.63, 3.8) is 0 Å². The normalized spacial score (nSPS) is 30.3. The van der Waals surface area contributed by atoms with E-state index < -0.39 is 13.5 Å². The molecule has 3 N–H and O–H groups in total. The number of carbonyl (C=O) groups excluding carboxylic acids is 1. The van der Waals surface area contributed by atoms with Crippen LogP contribution in [-0.2, 0) is 9.36 Å². The van der Waals surface area contributed by atoms with Crippen LogP contribution in [0.4, 0.5) is 0 Å². The number of aliphatic hydroxyl groups excluding tert-OH is 2. The van der Waals surface area contributed by atoms with Gasteiger partial charge in [-0.1, -0.05) is 31.9 Å². The summed E-state index contributed by atoms with van der Waals surface area (Å²) in [5, 5.41) is 20.6. The lowest BCUT2D eigenvalue weighted by atomic mass is 9.63. The summed E-state index contributed by atoms with van der Waals surface area (Å²) >= 11 is 1.59. The summed E-state index contributed by atoms with van der Waals surface area (Å²) < 4.78 is 11.3. The number of Topliss-reactive ketones (excluding diaryl/α,β-unsaturated/α-hetero) is 1. The highest BCUT2D eigenvalue weighted by Crippen LogP contribution is 2.47. The van der Waals surface area contributed by atoms with Crippen LogP contribution in [0.3, 0.4) is 0 Å². The summed E-state index contributed by atoms with van der Waals surface area (Å²) in [7, 11) is -2.92. The highest BCUT2D eigenvalue weighted by molar-refractivity contribution is 8.00. The topological polar surface area (TPSA) is 94.8 Å². The number of hydrogen-bond donors (Lipinski definition) is 3. The summed E-state index contributed by atoms with van der Waals surface area (Å²) in [5.74, 6) is 0.733. The fourth-order valence-corrected chi connectivity index (χ4v) is 6.58. The monoisotopic (exact) mass is 432 g/mol. The second-order valence-corrected chi connectivity index (χ2v) is 12.5. The Morgan fingerprint density at radius 1 is 1.32 bits per heavy atom. The van der Waals surface area contributed by atoms with Gasteiger partial charge in [0.15, 0.2) is 7.37 Å². The second-order valence-electron chi connectivity index (χ2n) is 8.69. The van der Waals surface area contributed by atoms with Crippen LogP contribution in [0.15, 0.2) is 12.2 Å². The molecule has 5 nitrogen and oxygen atoms in total. The molecule has 2 aliphatic rings. The standard InChI is InChI=1S/C21H37O5PS/c1-3-21(11-8-12-21)19(24)10-7-9-16-17(22)15-18(23)20(16)28-14-6-4-5-13-27(2,25)26/h7,9,16-17,19-20,22,24H,3-6,8,10-15H2,1-2H3,(H,25,26)/b9-7+/t16-,17+,19?,20+/m0/s1. The molecule has 0 bridgehead atoms.